The third-order valence-corrected chi connectivity index (χ3v) is 6.26. The highest BCUT2D eigenvalue weighted by atomic mass is 32.2. The van der Waals surface area contributed by atoms with E-state index in [0.717, 1.165) is 36.4 Å². The van der Waals surface area contributed by atoms with Gasteiger partial charge >= 0.3 is 0 Å². The van der Waals surface area contributed by atoms with Crippen LogP contribution in [0.2, 0.25) is 0 Å². The minimum Gasteiger partial charge on any atom is -0.400 e. The molecule has 168 valence electrons. The predicted octanol–water partition coefficient (Wildman–Crippen LogP) is 5.59. The van der Waals surface area contributed by atoms with Gasteiger partial charge in [0, 0.05) is 52.8 Å². The van der Waals surface area contributed by atoms with Crippen molar-refractivity contribution in [3.05, 3.63) is 71.9 Å². The van der Waals surface area contributed by atoms with Crippen molar-refractivity contribution in [2.75, 3.05) is 27.2 Å². The summed E-state index contributed by atoms with van der Waals surface area (Å²) in [5.74, 6) is 0. The number of rotatable bonds is 8. The first-order valence-corrected chi connectivity index (χ1v) is 11.8. The van der Waals surface area contributed by atoms with E-state index in [9.17, 15) is 0 Å². The van der Waals surface area contributed by atoms with E-state index >= 15 is 0 Å². The largest absolute Gasteiger partial charge is 0.400 e. The van der Waals surface area contributed by atoms with Gasteiger partial charge < -0.3 is 15.4 Å². The highest BCUT2D eigenvalue weighted by Gasteiger charge is 2.09. The molecule has 0 radical (unpaired) electrons. The van der Waals surface area contributed by atoms with Crippen molar-refractivity contribution in [3.8, 4) is 10.4 Å². The minimum absolute atomic E-state index is 0.892. The molecule has 3 aromatic rings. The van der Waals surface area contributed by atoms with Crippen LogP contribution in [0.25, 0.3) is 21.5 Å². The number of thiophene rings is 1. The van der Waals surface area contributed by atoms with Crippen molar-refractivity contribution in [2.45, 2.75) is 18.1 Å². The molecule has 0 fully saturated rings. The Morgan fingerprint density at radius 1 is 1.32 bits per heavy atom. The number of allylic oxidation sites excluding steroid dienone is 4. The third-order valence-electron chi connectivity index (χ3n) is 3.83. The first-order valence-electron chi connectivity index (χ1n) is 9.77. The Bertz CT molecular complexity index is 976. The number of aromatic nitrogens is 2. The zero-order valence-electron chi connectivity index (χ0n) is 18.5. The quantitative estimate of drug-likeness (QED) is 0.127. The summed E-state index contributed by atoms with van der Waals surface area (Å²) in [5.41, 5.74) is 3.35. The summed E-state index contributed by atoms with van der Waals surface area (Å²) >= 11 is 7.55. The van der Waals surface area contributed by atoms with Gasteiger partial charge in [-0.3, -0.25) is 4.72 Å². The first kappa shape index (κ1) is 27.2. The number of nitrogens with one attached hydrogen (secondary N) is 3. The molecule has 0 spiro atoms. The molecular formula is C23H32N4OS3. The molecule has 0 aliphatic rings. The molecule has 8 heteroatoms. The smallest absolute Gasteiger partial charge is 0.138 e. The number of H-pyrrole nitrogens is 1. The van der Waals surface area contributed by atoms with Crippen molar-refractivity contribution in [1.29, 1.82) is 0 Å². The second-order valence-electron chi connectivity index (χ2n) is 6.11. The molecule has 0 aliphatic carbocycles. The summed E-state index contributed by atoms with van der Waals surface area (Å²) in [4.78, 5) is 9.85. The van der Waals surface area contributed by atoms with E-state index in [0.29, 0.717) is 0 Å². The topological polar surface area (TPSA) is 73.0 Å². The van der Waals surface area contributed by atoms with Crippen LogP contribution in [0, 0.1) is 6.92 Å². The SMILES string of the molecule is C=C/C(S)=C\C=C/C.CNCCNSc1ccc(-c2ccnc3[nH]c(C)cc23)s1.CO. The molecular weight excluding hydrogens is 444 g/mol. The molecule has 0 unspecified atom stereocenters. The monoisotopic (exact) mass is 476 g/mol. The summed E-state index contributed by atoms with van der Waals surface area (Å²) in [6.07, 6.45) is 9.31. The molecule has 0 saturated heterocycles. The molecule has 31 heavy (non-hydrogen) atoms. The summed E-state index contributed by atoms with van der Waals surface area (Å²) in [6, 6.07) is 8.60. The maximum absolute atomic E-state index is 7.00. The van der Waals surface area contributed by atoms with Crippen molar-refractivity contribution in [2.24, 2.45) is 0 Å². The molecule has 0 bridgehead atoms. The minimum atomic E-state index is 0.892. The van der Waals surface area contributed by atoms with E-state index in [-0.39, 0.29) is 0 Å². The highest BCUT2D eigenvalue weighted by Crippen LogP contribution is 2.36. The Morgan fingerprint density at radius 3 is 2.77 bits per heavy atom. The Hall–Kier alpha value is -1.81. The van der Waals surface area contributed by atoms with Crippen LogP contribution in [0.3, 0.4) is 0 Å². The van der Waals surface area contributed by atoms with Crippen LogP contribution in [0.1, 0.15) is 12.6 Å². The molecule has 0 atom stereocenters. The standard InChI is InChI=1S/C15H18N4S2.C7H10S.CH4O/c1-10-9-12-11(5-6-17-15(12)19-10)13-3-4-14(20-13)21-18-8-7-16-2;1-3-5-6-7(8)4-2;1-2/h3-6,9,16,18H,7-8H2,1-2H3,(H,17,19);3-6,8H,2H2,1H3;2H,1H3/b;5-3-,7-6+;. The average Bonchev–Trinajstić information content (AvgIpc) is 3.42. The van der Waals surface area contributed by atoms with Crippen LogP contribution in [0.5, 0.6) is 0 Å². The summed E-state index contributed by atoms with van der Waals surface area (Å²) in [5, 5.41) is 11.3. The van der Waals surface area contributed by atoms with Crippen molar-refractivity contribution in [3.63, 3.8) is 0 Å². The van der Waals surface area contributed by atoms with E-state index < -0.39 is 0 Å². The second-order valence-corrected chi connectivity index (χ2v) is 8.90. The van der Waals surface area contributed by atoms with Crippen LogP contribution >= 0.6 is 35.9 Å². The van der Waals surface area contributed by atoms with E-state index in [1.165, 1.54) is 20.0 Å². The maximum Gasteiger partial charge on any atom is 0.138 e. The van der Waals surface area contributed by atoms with Gasteiger partial charge in [0.05, 0.1) is 4.21 Å². The summed E-state index contributed by atoms with van der Waals surface area (Å²) < 4.78 is 4.63. The fourth-order valence-corrected chi connectivity index (χ4v) is 4.41. The van der Waals surface area contributed by atoms with Crippen molar-refractivity contribution in [1.82, 2.24) is 20.0 Å². The normalized spacial score (nSPS) is 11.1. The number of aliphatic hydroxyl groups is 1. The van der Waals surface area contributed by atoms with Gasteiger partial charge in [-0.15, -0.1) is 24.0 Å². The number of pyridine rings is 1. The molecule has 0 aromatic carbocycles. The van der Waals surface area contributed by atoms with Gasteiger partial charge in [-0.1, -0.05) is 24.8 Å². The molecule has 0 saturated carbocycles. The van der Waals surface area contributed by atoms with Crippen LogP contribution < -0.4 is 10.0 Å². The Labute approximate surface area is 199 Å². The Morgan fingerprint density at radius 2 is 2.10 bits per heavy atom. The van der Waals surface area contributed by atoms with Gasteiger partial charge in [0.15, 0.2) is 0 Å². The molecule has 4 N–H and O–H groups in total. The second kappa shape index (κ2) is 15.9. The Balaban J connectivity index is 0.000000409. The van der Waals surface area contributed by atoms with E-state index in [2.05, 4.69) is 70.4 Å². The van der Waals surface area contributed by atoms with E-state index in [1.807, 2.05) is 38.4 Å². The predicted molar refractivity (Wildman–Crippen MR) is 142 cm³/mol. The first-order chi connectivity index (χ1) is 15.1. The number of thiol groups is 1. The number of likely N-dealkylation sites (N-methyl/N-ethyl adjacent to an activating group) is 1. The summed E-state index contributed by atoms with van der Waals surface area (Å²) in [6.45, 7) is 9.48. The number of hydrogen-bond acceptors (Lipinski definition) is 7. The van der Waals surface area contributed by atoms with Crippen LogP contribution in [-0.2, 0) is 0 Å². The highest BCUT2D eigenvalue weighted by molar-refractivity contribution is 7.99. The van der Waals surface area contributed by atoms with Crippen LogP contribution in [0.15, 0.2) is 70.5 Å². The molecule has 3 rings (SSSR count). The lowest BCUT2D eigenvalue weighted by molar-refractivity contribution is 0.399. The summed E-state index contributed by atoms with van der Waals surface area (Å²) in [7, 11) is 2.96. The number of aromatic amines is 1. The average molecular weight is 477 g/mol. The van der Waals surface area contributed by atoms with Crippen LogP contribution in [0.4, 0.5) is 0 Å². The maximum atomic E-state index is 7.00. The van der Waals surface area contributed by atoms with Gasteiger partial charge in [0.1, 0.15) is 5.65 Å². The zero-order valence-corrected chi connectivity index (χ0v) is 21.0. The molecule has 3 aromatic heterocycles. The number of fused-ring (bicyclic) bond motifs is 1. The van der Waals surface area contributed by atoms with E-state index in [4.69, 9.17) is 5.11 Å². The molecule has 3 heterocycles. The number of nitrogens with zero attached hydrogens (tertiary/aromatic N) is 1. The fourth-order valence-electron chi connectivity index (χ4n) is 2.45. The van der Waals surface area contributed by atoms with Gasteiger partial charge in [0.25, 0.3) is 0 Å². The molecule has 0 aliphatic heterocycles. The van der Waals surface area contributed by atoms with Gasteiger partial charge in [-0.05, 0) is 63.2 Å². The lowest BCUT2D eigenvalue weighted by atomic mass is 10.1. The van der Waals surface area contributed by atoms with E-state index in [1.54, 1.807) is 29.4 Å². The Kier molecular flexibility index (Phi) is 14.0. The number of aryl methyl sites for hydroxylation is 1. The molecule has 0 amide bonds. The van der Waals surface area contributed by atoms with Gasteiger partial charge in [-0.25, -0.2) is 4.98 Å². The zero-order chi connectivity index (χ0) is 23.1. The number of hydrogen-bond donors (Lipinski definition) is 5. The lowest BCUT2D eigenvalue weighted by Gasteiger charge is -2.01. The van der Waals surface area contributed by atoms with Crippen molar-refractivity contribution < 1.29 is 5.11 Å². The van der Waals surface area contributed by atoms with Crippen molar-refractivity contribution >= 4 is 46.9 Å². The van der Waals surface area contributed by atoms with Gasteiger partial charge in [-0.2, -0.15) is 0 Å². The third kappa shape index (κ3) is 9.47. The van der Waals surface area contributed by atoms with Crippen LogP contribution in [-0.4, -0.2) is 42.3 Å². The lowest BCUT2D eigenvalue weighted by Crippen LogP contribution is -2.19. The number of aliphatic hydroxyl groups excluding tert-OH is 1. The fraction of sp³-hybridized carbons (Fsp3) is 0.261. The molecule has 5 nitrogen and oxygen atoms in total. The van der Waals surface area contributed by atoms with Gasteiger partial charge in [0.2, 0.25) is 0 Å².